The molecule has 0 bridgehead atoms. The highest BCUT2D eigenvalue weighted by Crippen LogP contribution is 2.10. The molecule has 0 atom stereocenters. The Bertz CT molecular complexity index is 213. The molecule has 0 aliphatic carbocycles. The van der Waals surface area contributed by atoms with Crippen molar-refractivity contribution in [1.82, 2.24) is 4.90 Å². The van der Waals surface area contributed by atoms with E-state index in [1.54, 1.807) is 0 Å². The Morgan fingerprint density at radius 2 is 2.15 bits per heavy atom. The summed E-state index contributed by atoms with van der Waals surface area (Å²) in [5, 5.41) is 8.29. The number of hydrogen-bond acceptors (Lipinski definition) is 3. The molecule has 13 heavy (non-hydrogen) atoms. The number of nitrogens with zero attached hydrogens (tertiary/aromatic N) is 1. The Morgan fingerprint density at radius 3 is 2.62 bits per heavy atom. The van der Waals surface area contributed by atoms with E-state index in [2.05, 4.69) is 0 Å². The fraction of sp³-hybridized carbons (Fsp3) is 0.714. The molecular weight excluding hydrogens is 176 g/mol. The molecular formula is C7H12N2O4. The second-order valence-electron chi connectivity index (χ2n) is 2.88. The van der Waals surface area contributed by atoms with Crippen molar-refractivity contribution in [3.63, 3.8) is 0 Å². The summed E-state index contributed by atoms with van der Waals surface area (Å²) in [6.45, 7) is 1.12. The van der Waals surface area contributed by atoms with E-state index in [4.69, 9.17) is 15.6 Å². The fourth-order valence-corrected chi connectivity index (χ4v) is 1.04. The van der Waals surface area contributed by atoms with Crippen molar-refractivity contribution < 1.29 is 19.4 Å². The Kier molecular flexibility index (Phi) is 3.07. The lowest BCUT2D eigenvalue weighted by Crippen LogP contribution is -2.56. The zero-order chi connectivity index (χ0) is 9.84. The molecule has 0 saturated carbocycles. The van der Waals surface area contributed by atoms with Crippen molar-refractivity contribution >= 4 is 12.0 Å². The lowest BCUT2D eigenvalue weighted by molar-refractivity contribution is -0.139. The molecule has 74 valence electrons. The number of urea groups is 1. The number of ether oxygens (including phenoxy) is 1. The molecule has 1 aliphatic rings. The largest absolute Gasteiger partial charge is 0.481 e. The van der Waals surface area contributed by atoms with Crippen LogP contribution in [0.1, 0.15) is 6.42 Å². The summed E-state index contributed by atoms with van der Waals surface area (Å²) >= 11 is 0. The predicted octanol–water partition coefficient (Wildman–Crippen LogP) is -0.759. The van der Waals surface area contributed by atoms with Gasteiger partial charge in [-0.3, -0.25) is 4.79 Å². The van der Waals surface area contributed by atoms with Gasteiger partial charge in [-0.15, -0.1) is 0 Å². The van der Waals surface area contributed by atoms with Gasteiger partial charge < -0.3 is 20.5 Å². The molecule has 0 aromatic rings. The van der Waals surface area contributed by atoms with Gasteiger partial charge in [-0.05, 0) is 0 Å². The minimum absolute atomic E-state index is 0.00687. The van der Waals surface area contributed by atoms with Gasteiger partial charge in [0.15, 0.2) is 0 Å². The van der Waals surface area contributed by atoms with E-state index >= 15 is 0 Å². The first kappa shape index (κ1) is 9.79. The van der Waals surface area contributed by atoms with Crippen molar-refractivity contribution in [3.8, 4) is 0 Å². The number of aliphatic carboxylic acids is 1. The van der Waals surface area contributed by atoms with E-state index in [0.717, 1.165) is 0 Å². The smallest absolute Gasteiger partial charge is 0.314 e. The monoisotopic (exact) mass is 188 g/mol. The van der Waals surface area contributed by atoms with Crippen molar-refractivity contribution in [3.05, 3.63) is 0 Å². The Balaban J connectivity index is 2.02. The van der Waals surface area contributed by atoms with E-state index in [-0.39, 0.29) is 19.1 Å². The van der Waals surface area contributed by atoms with Crippen LogP contribution in [-0.2, 0) is 9.53 Å². The number of carboxylic acids is 1. The summed E-state index contributed by atoms with van der Waals surface area (Å²) in [5.41, 5.74) is 4.97. The maximum atomic E-state index is 10.5. The first-order valence-electron chi connectivity index (χ1n) is 3.97. The van der Waals surface area contributed by atoms with E-state index in [9.17, 15) is 9.59 Å². The topological polar surface area (TPSA) is 92.9 Å². The van der Waals surface area contributed by atoms with E-state index in [0.29, 0.717) is 13.1 Å². The highest BCUT2D eigenvalue weighted by atomic mass is 16.5. The minimum Gasteiger partial charge on any atom is -0.481 e. The van der Waals surface area contributed by atoms with Crippen LogP contribution < -0.4 is 5.73 Å². The second kappa shape index (κ2) is 4.08. The van der Waals surface area contributed by atoms with Gasteiger partial charge in [-0.25, -0.2) is 4.79 Å². The molecule has 1 heterocycles. The number of carboxylic acid groups (broad SMARTS) is 1. The van der Waals surface area contributed by atoms with Crippen molar-refractivity contribution in [2.45, 2.75) is 12.5 Å². The predicted molar refractivity (Wildman–Crippen MR) is 43.1 cm³/mol. The number of carbonyl (C=O) groups is 2. The molecule has 0 aromatic carbocycles. The van der Waals surface area contributed by atoms with Crippen LogP contribution in [0.2, 0.25) is 0 Å². The highest BCUT2D eigenvalue weighted by molar-refractivity contribution is 5.73. The lowest BCUT2D eigenvalue weighted by atomic mass is 10.2. The second-order valence-corrected chi connectivity index (χ2v) is 2.88. The van der Waals surface area contributed by atoms with Gasteiger partial charge in [0.1, 0.15) is 0 Å². The van der Waals surface area contributed by atoms with Gasteiger partial charge in [0.05, 0.1) is 32.2 Å². The summed E-state index contributed by atoms with van der Waals surface area (Å²) in [7, 11) is 0. The van der Waals surface area contributed by atoms with Gasteiger partial charge in [0.25, 0.3) is 0 Å². The molecule has 6 nitrogen and oxygen atoms in total. The number of hydrogen-bond donors (Lipinski definition) is 2. The summed E-state index contributed by atoms with van der Waals surface area (Å²) in [6, 6.07) is -0.460. The van der Waals surface area contributed by atoms with E-state index in [1.807, 2.05) is 0 Å². The molecule has 0 aromatic heterocycles. The van der Waals surface area contributed by atoms with Crippen LogP contribution in [0.25, 0.3) is 0 Å². The Labute approximate surface area is 75.3 Å². The summed E-state index contributed by atoms with van der Waals surface area (Å²) in [6.07, 6.45) is -0.0561. The molecule has 2 amide bonds. The van der Waals surface area contributed by atoms with Crippen LogP contribution in [-0.4, -0.2) is 47.8 Å². The normalized spacial score (nSPS) is 16.8. The third kappa shape index (κ3) is 2.90. The Morgan fingerprint density at radius 1 is 1.54 bits per heavy atom. The van der Waals surface area contributed by atoms with Crippen LogP contribution in [0, 0.1) is 0 Å². The maximum Gasteiger partial charge on any atom is 0.314 e. The standard InChI is InChI=1S/C7H12N2O4/c8-7(12)9-3-5(4-9)13-2-1-6(10)11/h5H,1-4H2,(H2,8,12)(H,10,11). The lowest BCUT2D eigenvalue weighted by Gasteiger charge is -2.37. The Hall–Kier alpha value is -1.30. The van der Waals surface area contributed by atoms with E-state index in [1.165, 1.54) is 4.90 Å². The van der Waals surface area contributed by atoms with Gasteiger partial charge in [0, 0.05) is 0 Å². The first-order valence-corrected chi connectivity index (χ1v) is 3.97. The molecule has 0 radical (unpaired) electrons. The average molecular weight is 188 g/mol. The zero-order valence-corrected chi connectivity index (χ0v) is 7.10. The molecule has 0 unspecified atom stereocenters. The van der Waals surface area contributed by atoms with E-state index < -0.39 is 12.0 Å². The molecule has 1 fully saturated rings. The van der Waals surface area contributed by atoms with Crippen LogP contribution >= 0.6 is 0 Å². The van der Waals surface area contributed by atoms with Crippen LogP contribution in [0.5, 0.6) is 0 Å². The minimum atomic E-state index is -0.883. The molecule has 1 rings (SSSR count). The van der Waals surface area contributed by atoms with Gasteiger partial charge in [-0.1, -0.05) is 0 Å². The molecule has 6 heteroatoms. The summed E-state index contributed by atoms with van der Waals surface area (Å²) in [5.74, 6) is -0.883. The van der Waals surface area contributed by atoms with Crippen molar-refractivity contribution in [1.29, 1.82) is 0 Å². The van der Waals surface area contributed by atoms with Gasteiger partial charge in [0.2, 0.25) is 0 Å². The van der Waals surface area contributed by atoms with Crippen molar-refractivity contribution in [2.75, 3.05) is 19.7 Å². The number of likely N-dealkylation sites (tertiary alicyclic amines) is 1. The third-order valence-corrected chi connectivity index (χ3v) is 1.83. The van der Waals surface area contributed by atoms with Crippen molar-refractivity contribution in [2.24, 2.45) is 5.73 Å². The zero-order valence-electron chi connectivity index (χ0n) is 7.10. The van der Waals surface area contributed by atoms with Gasteiger partial charge in [-0.2, -0.15) is 0 Å². The number of primary amides is 1. The number of rotatable bonds is 4. The summed E-state index contributed by atoms with van der Waals surface area (Å²) in [4.78, 5) is 22.0. The van der Waals surface area contributed by atoms with Crippen LogP contribution in [0.3, 0.4) is 0 Å². The number of carbonyl (C=O) groups excluding carboxylic acids is 1. The van der Waals surface area contributed by atoms with Gasteiger partial charge >= 0.3 is 12.0 Å². The summed E-state index contributed by atoms with van der Waals surface area (Å²) < 4.78 is 5.14. The maximum absolute atomic E-state index is 10.5. The van der Waals surface area contributed by atoms with Crippen LogP contribution in [0.4, 0.5) is 4.79 Å². The third-order valence-electron chi connectivity index (χ3n) is 1.83. The molecule has 3 N–H and O–H groups in total. The first-order chi connectivity index (χ1) is 6.09. The molecule has 1 aliphatic heterocycles. The highest BCUT2D eigenvalue weighted by Gasteiger charge is 2.29. The molecule has 1 saturated heterocycles. The SMILES string of the molecule is NC(=O)N1CC(OCCC(=O)O)C1. The molecule has 0 spiro atoms. The number of nitrogens with two attached hydrogens (primary N) is 1. The van der Waals surface area contributed by atoms with Crippen LogP contribution in [0.15, 0.2) is 0 Å². The quantitative estimate of drug-likeness (QED) is 0.606. The fourth-order valence-electron chi connectivity index (χ4n) is 1.04. The average Bonchev–Trinajstić information content (AvgIpc) is 1.92. The number of amides is 2.